The summed E-state index contributed by atoms with van der Waals surface area (Å²) in [5.41, 5.74) is 2.92. The van der Waals surface area contributed by atoms with Gasteiger partial charge < -0.3 is 15.0 Å². The predicted molar refractivity (Wildman–Crippen MR) is 104 cm³/mol. The summed E-state index contributed by atoms with van der Waals surface area (Å²) in [7, 11) is 1.62. The number of nitrogens with one attached hydrogen (secondary N) is 1. The molecule has 7 heteroatoms. The van der Waals surface area contributed by atoms with Crippen molar-refractivity contribution in [1.82, 2.24) is 19.9 Å². The van der Waals surface area contributed by atoms with E-state index in [0.717, 1.165) is 48.6 Å². The predicted octanol–water partition coefficient (Wildman–Crippen LogP) is 2.59. The van der Waals surface area contributed by atoms with Crippen molar-refractivity contribution in [1.29, 1.82) is 0 Å². The first kappa shape index (κ1) is 19.2. The summed E-state index contributed by atoms with van der Waals surface area (Å²) in [4.78, 5) is 27.5. The minimum atomic E-state index is 0.170. The highest BCUT2D eigenvalue weighted by Gasteiger charge is 2.23. The van der Waals surface area contributed by atoms with Gasteiger partial charge in [-0.1, -0.05) is 0 Å². The fraction of sp³-hybridized carbons (Fsp3) is 0.500. The Labute approximate surface area is 160 Å². The van der Waals surface area contributed by atoms with Crippen LogP contribution in [0.5, 0.6) is 0 Å². The zero-order chi connectivity index (χ0) is 19.2. The lowest BCUT2D eigenvalue weighted by atomic mass is 10.0. The minimum Gasteiger partial charge on any atom is -0.384 e. The second-order valence-electron chi connectivity index (χ2n) is 6.89. The van der Waals surface area contributed by atoms with Crippen LogP contribution in [0.3, 0.4) is 0 Å². The van der Waals surface area contributed by atoms with Gasteiger partial charge in [0, 0.05) is 55.5 Å². The first-order chi connectivity index (χ1) is 13.1. The van der Waals surface area contributed by atoms with Crippen molar-refractivity contribution >= 4 is 11.7 Å². The molecule has 0 aromatic carbocycles. The molecule has 2 aromatic heterocycles. The van der Waals surface area contributed by atoms with Gasteiger partial charge in [-0.25, -0.2) is 9.97 Å². The van der Waals surface area contributed by atoms with Crippen molar-refractivity contribution in [2.45, 2.75) is 39.2 Å². The zero-order valence-electron chi connectivity index (χ0n) is 16.2. The Morgan fingerprint density at radius 1 is 1.30 bits per heavy atom. The number of carbonyl (C=O) groups excluding carboxylic acids is 1. The summed E-state index contributed by atoms with van der Waals surface area (Å²) in [5.74, 6) is 1.72. The second kappa shape index (κ2) is 8.90. The number of amides is 1. The number of carbonyl (C=O) groups is 1. The van der Waals surface area contributed by atoms with Gasteiger partial charge in [-0.05, 0) is 38.8 Å². The number of pyridine rings is 1. The van der Waals surface area contributed by atoms with Gasteiger partial charge in [-0.15, -0.1) is 0 Å². The van der Waals surface area contributed by atoms with E-state index in [9.17, 15) is 4.79 Å². The van der Waals surface area contributed by atoms with E-state index in [-0.39, 0.29) is 5.91 Å². The van der Waals surface area contributed by atoms with Crippen molar-refractivity contribution in [3.8, 4) is 11.4 Å². The lowest BCUT2D eigenvalue weighted by Crippen LogP contribution is -2.42. The molecule has 0 spiro atoms. The van der Waals surface area contributed by atoms with Gasteiger partial charge in [0.2, 0.25) is 5.91 Å². The third-order valence-electron chi connectivity index (χ3n) is 5.02. The number of nitrogens with zero attached hydrogens (tertiary/aromatic N) is 4. The first-order valence-corrected chi connectivity index (χ1v) is 9.37. The molecular formula is C20H27N5O2. The summed E-state index contributed by atoms with van der Waals surface area (Å²) in [6.45, 7) is 6.04. The topological polar surface area (TPSA) is 80.2 Å². The van der Waals surface area contributed by atoms with Crippen molar-refractivity contribution in [3.05, 3.63) is 35.8 Å². The summed E-state index contributed by atoms with van der Waals surface area (Å²) >= 11 is 0. The number of ether oxygens (including phenoxy) is 1. The highest BCUT2D eigenvalue weighted by molar-refractivity contribution is 5.76. The lowest BCUT2D eigenvalue weighted by molar-refractivity contribution is -0.133. The molecule has 1 aliphatic heterocycles. The standard InChI is InChI=1S/C20H27N5O2/c1-14-15(2)22-20(16-5-4-9-21-13-16)24-19(14)23-17-6-10-25(11-7-17)18(26)8-12-27-3/h4-5,9,13,17H,6-8,10-12H2,1-3H3,(H,22,23,24). The normalized spacial score (nSPS) is 15.0. The highest BCUT2D eigenvalue weighted by Crippen LogP contribution is 2.23. The summed E-state index contributed by atoms with van der Waals surface area (Å²) in [6, 6.07) is 4.15. The Hall–Kier alpha value is -2.54. The Kier molecular flexibility index (Phi) is 6.34. The van der Waals surface area contributed by atoms with Crippen LogP contribution < -0.4 is 5.32 Å². The van der Waals surface area contributed by atoms with E-state index < -0.39 is 0 Å². The van der Waals surface area contributed by atoms with Crippen LogP contribution in [0.25, 0.3) is 11.4 Å². The largest absolute Gasteiger partial charge is 0.384 e. The van der Waals surface area contributed by atoms with Crippen molar-refractivity contribution in [2.24, 2.45) is 0 Å². The van der Waals surface area contributed by atoms with Crippen LogP contribution in [0.1, 0.15) is 30.5 Å². The maximum Gasteiger partial charge on any atom is 0.224 e. The molecule has 0 bridgehead atoms. The maximum atomic E-state index is 12.1. The van der Waals surface area contributed by atoms with E-state index in [1.54, 1.807) is 19.5 Å². The van der Waals surface area contributed by atoms with E-state index in [4.69, 9.17) is 9.72 Å². The summed E-state index contributed by atoms with van der Waals surface area (Å²) in [5, 5.41) is 3.57. The molecule has 3 rings (SSSR count). The zero-order valence-corrected chi connectivity index (χ0v) is 16.2. The molecule has 0 saturated carbocycles. The number of anilines is 1. The molecule has 1 N–H and O–H groups in total. The third kappa shape index (κ3) is 4.80. The van der Waals surface area contributed by atoms with Crippen LogP contribution in [0.4, 0.5) is 5.82 Å². The average molecular weight is 369 g/mol. The van der Waals surface area contributed by atoms with Crippen molar-refractivity contribution in [3.63, 3.8) is 0 Å². The Balaban J connectivity index is 1.66. The molecular weight excluding hydrogens is 342 g/mol. The molecule has 3 heterocycles. The lowest BCUT2D eigenvalue weighted by Gasteiger charge is -2.33. The van der Waals surface area contributed by atoms with Gasteiger partial charge in [0.1, 0.15) is 5.82 Å². The van der Waals surface area contributed by atoms with Crippen molar-refractivity contribution < 1.29 is 9.53 Å². The van der Waals surface area contributed by atoms with Gasteiger partial charge in [0.15, 0.2) is 5.82 Å². The smallest absolute Gasteiger partial charge is 0.224 e. The van der Waals surface area contributed by atoms with E-state index in [0.29, 0.717) is 24.9 Å². The Morgan fingerprint density at radius 2 is 2.07 bits per heavy atom. The highest BCUT2D eigenvalue weighted by atomic mass is 16.5. The number of methoxy groups -OCH3 is 1. The molecule has 27 heavy (non-hydrogen) atoms. The molecule has 1 saturated heterocycles. The average Bonchev–Trinajstić information content (AvgIpc) is 2.70. The van der Waals surface area contributed by atoms with E-state index in [2.05, 4.69) is 15.3 Å². The number of rotatable bonds is 6. The van der Waals surface area contributed by atoms with Gasteiger partial charge in [0.25, 0.3) is 0 Å². The molecule has 2 aromatic rings. The number of hydrogen-bond donors (Lipinski definition) is 1. The molecule has 0 atom stereocenters. The number of hydrogen-bond acceptors (Lipinski definition) is 6. The van der Waals surface area contributed by atoms with Crippen LogP contribution in [-0.2, 0) is 9.53 Å². The van der Waals surface area contributed by atoms with E-state index >= 15 is 0 Å². The first-order valence-electron chi connectivity index (χ1n) is 9.37. The fourth-order valence-corrected chi connectivity index (χ4v) is 3.21. The molecule has 0 radical (unpaired) electrons. The molecule has 1 amide bonds. The molecule has 7 nitrogen and oxygen atoms in total. The van der Waals surface area contributed by atoms with Crippen LogP contribution >= 0.6 is 0 Å². The number of piperidine rings is 1. The molecule has 144 valence electrons. The quantitative estimate of drug-likeness (QED) is 0.843. The minimum absolute atomic E-state index is 0.170. The van der Waals surface area contributed by atoms with E-state index in [1.807, 2.05) is 30.9 Å². The third-order valence-corrected chi connectivity index (χ3v) is 5.02. The van der Waals surface area contributed by atoms with Crippen LogP contribution in [-0.4, -0.2) is 58.6 Å². The monoisotopic (exact) mass is 369 g/mol. The van der Waals surface area contributed by atoms with Gasteiger partial charge >= 0.3 is 0 Å². The van der Waals surface area contributed by atoms with Gasteiger partial charge in [-0.2, -0.15) is 0 Å². The molecule has 0 unspecified atom stereocenters. The number of likely N-dealkylation sites (tertiary alicyclic amines) is 1. The van der Waals surface area contributed by atoms with Crippen molar-refractivity contribution in [2.75, 3.05) is 32.1 Å². The van der Waals surface area contributed by atoms with Crippen LogP contribution in [0.2, 0.25) is 0 Å². The van der Waals surface area contributed by atoms with Gasteiger partial charge in [0.05, 0.1) is 13.0 Å². The van der Waals surface area contributed by atoms with Crippen LogP contribution in [0, 0.1) is 13.8 Å². The number of aryl methyl sites for hydroxylation is 1. The Morgan fingerprint density at radius 3 is 2.74 bits per heavy atom. The van der Waals surface area contributed by atoms with Gasteiger partial charge in [-0.3, -0.25) is 9.78 Å². The van der Waals surface area contributed by atoms with E-state index in [1.165, 1.54) is 0 Å². The SMILES string of the molecule is COCCC(=O)N1CCC(Nc2nc(-c3cccnc3)nc(C)c2C)CC1. The summed E-state index contributed by atoms with van der Waals surface area (Å²) < 4.78 is 5.00. The molecule has 1 aliphatic rings. The second-order valence-corrected chi connectivity index (χ2v) is 6.89. The fourth-order valence-electron chi connectivity index (χ4n) is 3.21. The van der Waals surface area contributed by atoms with Crippen LogP contribution in [0.15, 0.2) is 24.5 Å². The Bertz CT molecular complexity index is 773. The molecule has 0 aliphatic carbocycles. The number of aromatic nitrogens is 3. The molecule has 1 fully saturated rings. The maximum absolute atomic E-state index is 12.1. The summed E-state index contributed by atoms with van der Waals surface area (Å²) in [6.07, 6.45) is 5.78.